The van der Waals surface area contributed by atoms with Gasteiger partial charge in [-0.05, 0) is 24.6 Å². The highest BCUT2D eigenvalue weighted by Crippen LogP contribution is 2.07. The second-order valence-corrected chi connectivity index (χ2v) is 5.14. The number of carbonyl (C=O) groups is 1. The Bertz CT molecular complexity index is 466. The molecule has 0 spiro atoms. The fraction of sp³-hybridized carbons (Fsp3) is 0.333. The number of carbonyl (C=O) groups excluding carboxylic acids is 1. The first kappa shape index (κ1) is 12.8. The first-order valence-corrected chi connectivity index (χ1v) is 6.58. The van der Waals surface area contributed by atoms with E-state index in [9.17, 15) is 4.79 Å². The first-order chi connectivity index (χ1) is 8.74. The maximum atomic E-state index is 11.7. The molecule has 0 saturated carbocycles. The van der Waals surface area contributed by atoms with Crippen LogP contribution in [0, 0.1) is 0 Å². The number of H-pyrrole nitrogens is 1. The van der Waals surface area contributed by atoms with Crippen LogP contribution in [0.3, 0.4) is 0 Å². The number of likely N-dealkylation sites (N-methyl/N-ethyl adjacent to an activating group) is 1. The maximum absolute atomic E-state index is 11.7. The van der Waals surface area contributed by atoms with Crippen molar-refractivity contribution in [3.05, 3.63) is 40.3 Å². The first-order valence-electron chi connectivity index (χ1n) is 5.70. The minimum atomic E-state index is 0.0328. The summed E-state index contributed by atoms with van der Waals surface area (Å²) in [7, 11) is 1.91. The van der Waals surface area contributed by atoms with Gasteiger partial charge in [-0.1, -0.05) is 6.07 Å². The van der Waals surface area contributed by atoms with Crippen LogP contribution in [0.1, 0.15) is 10.6 Å². The molecule has 0 aliphatic rings. The highest BCUT2D eigenvalue weighted by molar-refractivity contribution is 7.09. The summed E-state index contributed by atoms with van der Waals surface area (Å²) >= 11 is 1.65. The second-order valence-electron chi connectivity index (χ2n) is 4.11. The van der Waals surface area contributed by atoms with Gasteiger partial charge in [0.25, 0.3) is 0 Å². The van der Waals surface area contributed by atoms with E-state index in [1.807, 2.05) is 35.5 Å². The second kappa shape index (κ2) is 6.32. The normalized spacial score (nSPS) is 10.8. The van der Waals surface area contributed by atoms with Crippen molar-refractivity contribution in [1.82, 2.24) is 20.4 Å². The fourth-order valence-corrected chi connectivity index (χ4v) is 2.26. The van der Waals surface area contributed by atoms with Gasteiger partial charge in [-0.2, -0.15) is 5.10 Å². The minimum absolute atomic E-state index is 0.0328. The van der Waals surface area contributed by atoms with Gasteiger partial charge in [0, 0.05) is 23.3 Å². The van der Waals surface area contributed by atoms with Gasteiger partial charge in [-0.15, -0.1) is 11.3 Å². The molecular weight excluding hydrogens is 248 g/mol. The summed E-state index contributed by atoms with van der Waals surface area (Å²) in [4.78, 5) is 14.8. The van der Waals surface area contributed by atoms with Gasteiger partial charge in [-0.25, -0.2) is 0 Å². The zero-order chi connectivity index (χ0) is 12.8. The Morgan fingerprint density at radius 1 is 1.56 bits per heavy atom. The molecule has 0 saturated heterocycles. The number of hydrogen-bond acceptors (Lipinski definition) is 4. The van der Waals surface area contributed by atoms with Gasteiger partial charge in [-0.3, -0.25) is 14.8 Å². The molecule has 2 aromatic rings. The summed E-state index contributed by atoms with van der Waals surface area (Å²) in [6.07, 6.45) is 1.71. The Kier molecular flexibility index (Phi) is 4.49. The van der Waals surface area contributed by atoms with Gasteiger partial charge >= 0.3 is 0 Å². The molecule has 5 nitrogen and oxygen atoms in total. The number of hydrogen-bond donors (Lipinski definition) is 2. The monoisotopic (exact) mass is 264 g/mol. The van der Waals surface area contributed by atoms with Gasteiger partial charge in [0.1, 0.15) is 0 Å². The Hall–Kier alpha value is -1.66. The van der Waals surface area contributed by atoms with Crippen LogP contribution in [0.5, 0.6) is 0 Å². The number of nitrogens with zero attached hydrogens (tertiary/aromatic N) is 2. The molecular formula is C12H16N4OS. The minimum Gasteiger partial charge on any atom is -0.350 e. The van der Waals surface area contributed by atoms with Crippen molar-refractivity contribution in [2.24, 2.45) is 0 Å². The third-order valence-electron chi connectivity index (χ3n) is 2.45. The summed E-state index contributed by atoms with van der Waals surface area (Å²) in [6.45, 7) is 1.67. The number of amides is 1. The van der Waals surface area contributed by atoms with E-state index in [0.29, 0.717) is 19.6 Å². The average Bonchev–Trinajstić information content (AvgIpc) is 2.98. The van der Waals surface area contributed by atoms with E-state index in [1.54, 1.807) is 17.5 Å². The fourth-order valence-electron chi connectivity index (χ4n) is 1.62. The highest BCUT2D eigenvalue weighted by atomic mass is 32.1. The van der Waals surface area contributed by atoms with Crippen LogP contribution in [0.2, 0.25) is 0 Å². The molecule has 2 N–H and O–H groups in total. The summed E-state index contributed by atoms with van der Waals surface area (Å²) in [5, 5.41) is 11.7. The lowest BCUT2D eigenvalue weighted by atomic mass is 10.4. The summed E-state index contributed by atoms with van der Waals surface area (Å²) in [5.41, 5.74) is 1.00. The largest absolute Gasteiger partial charge is 0.350 e. The van der Waals surface area contributed by atoms with E-state index in [4.69, 9.17) is 0 Å². The summed E-state index contributed by atoms with van der Waals surface area (Å²) in [5.74, 6) is 0.0328. The highest BCUT2D eigenvalue weighted by Gasteiger charge is 2.07. The SMILES string of the molecule is CN(CC(=O)NCc1cccs1)Cc1ccn[nH]1. The Labute approximate surface area is 110 Å². The van der Waals surface area contributed by atoms with Gasteiger partial charge < -0.3 is 5.32 Å². The lowest BCUT2D eigenvalue weighted by molar-refractivity contribution is -0.122. The van der Waals surface area contributed by atoms with Crippen LogP contribution in [-0.4, -0.2) is 34.6 Å². The van der Waals surface area contributed by atoms with Crippen LogP contribution >= 0.6 is 11.3 Å². The predicted molar refractivity (Wildman–Crippen MR) is 71.1 cm³/mol. The third kappa shape index (κ3) is 3.97. The topological polar surface area (TPSA) is 61.0 Å². The number of nitrogens with one attached hydrogen (secondary N) is 2. The van der Waals surface area contributed by atoms with Gasteiger partial charge in [0.2, 0.25) is 5.91 Å². The van der Waals surface area contributed by atoms with E-state index in [-0.39, 0.29) is 5.91 Å². The lowest BCUT2D eigenvalue weighted by Gasteiger charge is -2.14. The standard InChI is InChI=1S/C12H16N4OS/c1-16(8-10-4-5-14-15-10)9-12(17)13-7-11-3-2-6-18-11/h2-6H,7-9H2,1H3,(H,13,17)(H,14,15). The van der Waals surface area contributed by atoms with Crippen molar-refractivity contribution in [2.75, 3.05) is 13.6 Å². The number of aromatic amines is 1. The van der Waals surface area contributed by atoms with Crippen LogP contribution in [0.25, 0.3) is 0 Å². The molecule has 1 amide bonds. The van der Waals surface area contributed by atoms with Crippen LogP contribution in [-0.2, 0) is 17.9 Å². The molecule has 2 rings (SSSR count). The Balaban J connectivity index is 1.70. The van der Waals surface area contributed by atoms with Crippen molar-refractivity contribution in [1.29, 1.82) is 0 Å². The van der Waals surface area contributed by atoms with E-state index in [1.165, 1.54) is 4.88 Å². The van der Waals surface area contributed by atoms with E-state index >= 15 is 0 Å². The van der Waals surface area contributed by atoms with Crippen molar-refractivity contribution < 1.29 is 4.79 Å². The van der Waals surface area contributed by atoms with E-state index in [0.717, 1.165) is 5.69 Å². The lowest BCUT2D eigenvalue weighted by Crippen LogP contribution is -2.34. The molecule has 0 bridgehead atoms. The molecule has 0 aliphatic carbocycles. The van der Waals surface area contributed by atoms with Crippen LogP contribution in [0.4, 0.5) is 0 Å². The van der Waals surface area contributed by atoms with Crippen molar-refractivity contribution in [3.8, 4) is 0 Å². The number of aromatic nitrogens is 2. The van der Waals surface area contributed by atoms with Crippen molar-refractivity contribution >= 4 is 17.2 Å². The molecule has 0 fully saturated rings. The molecule has 96 valence electrons. The summed E-state index contributed by atoms with van der Waals surface area (Å²) in [6, 6.07) is 5.90. The average molecular weight is 264 g/mol. The third-order valence-corrected chi connectivity index (χ3v) is 3.33. The van der Waals surface area contributed by atoms with Crippen LogP contribution in [0.15, 0.2) is 29.8 Å². The number of thiophene rings is 1. The van der Waals surface area contributed by atoms with E-state index in [2.05, 4.69) is 15.5 Å². The maximum Gasteiger partial charge on any atom is 0.234 e. The Morgan fingerprint density at radius 2 is 2.44 bits per heavy atom. The van der Waals surface area contributed by atoms with Gasteiger partial charge in [0.15, 0.2) is 0 Å². The zero-order valence-electron chi connectivity index (χ0n) is 10.2. The zero-order valence-corrected chi connectivity index (χ0v) is 11.0. The quantitative estimate of drug-likeness (QED) is 0.824. The van der Waals surface area contributed by atoms with Gasteiger partial charge in [0.05, 0.1) is 13.1 Å². The molecule has 6 heteroatoms. The Morgan fingerprint density at radius 3 is 3.11 bits per heavy atom. The molecule has 18 heavy (non-hydrogen) atoms. The van der Waals surface area contributed by atoms with Crippen LogP contribution < -0.4 is 5.32 Å². The molecule has 2 aromatic heterocycles. The number of rotatable bonds is 6. The smallest absolute Gasteiger partial charge is 0.234 e. The predicted octanol–water partition coefficient (Wildman–Crippen LogP) is 1.22. The molecule has 0 aliphatic heterocycles. The molecule has 0 aromatic carbocycles. The molecule has 0 atom stereocenters. The van der Waals surface area contributed by atoms with E-state index < -0.39 is 0 Å². The molecule has 0 unspecified atom stereocenters. The summed E-state index contributed by atoms with van der Waals surface area (Å²) < 4.78 is 0. The molecule has 2 heterocycles. The van der Waals surface area contributed by atoms with Crippen molar-refractivity contribution in [2.45, 2.75) is 13.1 Å². The molecule has 0 radical (unpaired) electrons. The van der Waals surface area contributed by atoms with Crippen molar-refractivity contribution in [3.63, 3.8) is 0 Å².